The van der Waals surface area contributed by atoms with E-state index in [4.69, 9.17) is 4.74 Å². The second kappa shape index (κ2) is 8.08. The lowest BCUT2D eigenvalue weighted by atomic mass is 9.86. The van der Waals surface area contributed by atoms with Crippen LogP contribution in [-0.2, 0) is 6.42 Å². The fourth-order valence-corrected chi connectivity index (χ4v) is 2.68. The maximum absolute atomic E-state index is 12.6. The van der Waals surface area contributed by atoms with Crippen LogP contribution in [0.1, 0.15) is 35.7 Å². The lowest BCUT2D eigenvalue weighted by Crippen LogP contribution is -2.47. The van der Waals surface area contributed by atoms with E-state index in [-0.39, 0.29) is 5.56 Å². The van der Waals surface area contributed by atoms with E-state index in [0.717, 1.165) is 6.42 Å². The summed E-state index contributed by atoms with van der Waals surface area (Å²) in [7, 11) is 1.47. The van der Waals surface area contributed by atoms with E-state index in [9.17, 15) is 15.0 Å². The zero-order valence-electron chi connectivity index (χ0n) is 14.1. The molecule has 128 valence electrons. The van der Waals surface area contributed by atoms with Gasteiger partial charge < -0.3 is 14.9 Å². The number of ketones is 1. The standard InChI is InChI=1S/C20H24O4/c1-20(23,19(22)16-12-6-7-13-17(16)24-2)18(21)14-8-11-15-9-4-3-5-10-15/h3-7,9-10,12-13,18,21,23H,8,11,14H2,1-2H3/t18-,20+/m0/s1. The van der Waals surface area contributed by atoms with E-state index < -0.39 is 17.5 Å². The molecule has 0 fully saturated rings. The van der Waals surface area contributed by atoms with Gasteiger partial charge in [0.15, 0.2) is 11.4 Å². The molecule has 4 nitrogen and oxygen atoms in total. The minimum atomic E-state index is -1.86. The lowest BCUT2D eigenvalue weighted by Gasteiger charge is -2.28. The number of aliphatic hydroxyl groups excluding tert-OH is 1. The Morgan fingerprint density at radius 2 is 1.75 bits per heavy atom. The Labute approximate surface area is 142 Å². The van der Waals surface area contributed by atoms with Gasteiger partial charge in [0, 0.05) is 0 Å². The molecule has 0 aliphatic carbocycles. The van der Waals surface area contributed by atoms with Gasteiger partial charge in [-0.15, -0.1) is 0 Å². The van der Waals surface area contributed by atoms with E-state index in [0.29, 0.717) is 18.6 Å². The van der Waals surface area contributed by atoms with Gasteiger partial charge in [-0.1, -0.05) is 42.5 Å². The van der Waals surface area contributed by atoms with Gasteiger partial charge in [-0.05, 0) is 43.9 Å². The molecule has 24 heavy (non-hydrogen) atoms. The highest BCUT2D eigenvalue weighted by molar-refractivity contribution is 6.04. The molecule has 0 aromatic heterocycles. The summed E-state index contributed by atoms with van der Waals surface area (Å²) in [4.78, 5) is 12.6. The van der Waals surface area contributed by atoms with Gasteiger partial charge >= 0.3 is 0 Å². The molecule has 0 saturated carbocycles. The number of Topliss-reactive ketones (excluding diaryl/α,β-unsaturated/α-hetero) is 1. The van der Waals surface area contributed by atoms with Crippen LogP contribution < -0.4 is 4.74 Å². The molecule has 0 unspecified atom stereocenters. The number of aliphatic hydroxyl groups is 2. The zero-order chi connectivity index (χ0) is 17.6. The number of methoxy groups -OCH3 is 1. The van der Waals surface area contributed by atoms with Gasteiger partial charge in [0.1, 0.15) is 5.75 Å². The van der Waals surface area contributed by atoms with Crippen molar-refractivity contribution < 1.29 is 19.7 Å². The summed E-state index contributed by atoms with van der Waals surface area (Å²) in [5, 5.41) is 20.9. The summed E-state index contributed by atoms with van der Waals surface area (Å²) < 4.78 is 5.17. The molecule has 2 atom stereocenters. The molecule has 0 spiro atoms. The predicted molar refractivity (Wildman–Crippen MR) is 93.3 cm³/mol. The molecule has 2 aromatic rings. The zero-order valence-corrected chi connectivity index (χ0v) is 14.1. The molecule has 2 aromatic carbocycles. The highest BCUT2D eigenvalue weighted by atomic mass is 16.5. The minimum absolute atomic E-state index is 0.270. The van der Waals surface area contributed by atoms with Crippen molar-refractivity contribution in [1.82, 2.24) is 0 Å². The van der Waals surface area contributed by atoms with E-state index in [1.807, 2.05) is 30.3 Å². The summed E-state index contributed by atoms with van der Waals surface area (Å²) >= 11 is 0. The van der Waals surface area contributed by atoms with E-state index in [2.05, 4.69) is 0 Å². The molecule has 0 aliphatic heterocycles. The van der Waals surface area contributed by atoms with Gasteiger partial charge in [0.25, 0.3) is 0 Å². The van der Waals surface area contributed by atoms with Crippen molar-refractivity contribution in [2.75, 3.05) is 7.11 Å². The van der Waals surface area contributed by atoms with Crippen molar-refractivity contribution in [1.29, 1.82) is 0 Å². The Hall–Kier alpha value is -2.17. The van der Waals surface area contributed by atoms with Crippen molar-refractivity contribution in [2.24, 2.45) is 0 Å². The van der Waals surface area contributed by atoms with E-state index in [1.54, 1.807) is 24.3 Å². The number of aryl methyl sites for hydroxylation is 1. The molecule has 0 radical (unpaired) electrons. The first kappa shape index (κ1) is 18.2. The molecular weight excluding hydrogens is 304 g/mol. The first-order valence-corrected chi connectivity index (χ1v) is 8.09. The first-order valence-electron chi connectivity index (χ1n) is 8.09. The Morgan fingerprint density at radius 3 is 2.42 bits per heavy atom. The SMILES string of the molecule is COc1ccccc1C(=O)[C@](C)(O)[C@@H](O)CCCc1ccccc1. The van der Waals surface area contributed by atoms with Crippen LogP contribution in [0.2, 0.25) is 0 Å². The lowest BCUT2D eigenvalue weighted by molar-refractivity contribution is -0.0432. The van der Waals surface area contributed by atoms with Crippen molar-refractivity contribution >= 4 is 5.78 Å². The van der Waals surface area contributed by atoms with Crippen LogP contribution in [0.15, 0.2) is 54.6 Å². The summed E-state index contributed by atoms with van der Waals surface area (Å²) in [5.74, 6) is -0.147. The van der Waals surface area contributed by atoms with Crippen LogP contribution in [0.3, 0.4) is 0 Å². The summed E-state index contributed by atoms with van der Waals surface area (Å²) in [6.45, 7) is 1.36. The van der Waals surface area contributed by atoms with Crippen molar-refractivity contribution in [3.05, 3.63) is 65.7 Å². The van der Waals surface area contributed by atoms with Gasteiger partial charge in [0.05, 0.1) is 18.8 Å². The average molecular weight is 328 g/mol. The molecule has 2 rings (SSSR count). The fourth-order valence-electron chi connectivity index (χ4n) is 2.68. The Kier molecular flexibility index (Phi) is 6.12. The number of hydrogen-bond donors (Lipinski definition) is 2. The second-order valence-electron chi connectivity index (χ2n) is 6.07. The molecule has 0 saturated heterocycles. The highest BCUT2D eigenvalue weighted by Crippen LogP contribution is 2.26. The number of carbonyl (C=O) groups excluding carboxylic acids is 1. The first-order chi connectivity index (χ1) is 11.5. The number of hydrogen-bond acceptors (Lipinski definition) is 4. The van der Waals surface area contributed by atoms with Crippen molar-refractivity contribution in [3.8, 4) is 5.75 Å². The fraction of sp³-hybridized carbons (Fsp3) is 0.350. The van der Waals surface area contributed by atoms with Crippen LogP contribution in [0, 0.1) is 0 Å². The topological polar surface area (TPSA) is 66.8 Å². The smallest absolute Gasteiger partial charge is 0.200 e. The largest absolute Gasteiger partial charge is 0.496 e. The summed E-state index contributed by atoms with van der Waals surface area (Å²) in [5.41, 5.74) is -0.418. The molecule has 4 heteroatoms. The highest BCUT2D eigenvalue weighted by Gasteiger charge is 2.39. The maximum atomic E-state index is 12.6. The van der Waals surface area contributed by atoms with Crippen molar-refractivity contribution in [2.45, 2.75) is 37.9 Å². The van der Waals surface area contributed by atoms with Crippen LogP contribution in [-0.4, -0.2) is 34.8 Å². The number of para-hydroxylation sites is 1. The van der Waals surface area contributed by atoms with Gasteiger partial charge in [0.2, 0.25) is 0 Å². The summed E-state index contributed by atoms with van der Waals surface area (Å²) in [6.07, 6.45) is 0.666. The van der Waals surface area contributed by atoms with Crippen LogP contribution >= 0.6 is 0 Å². The second-order valence-corrected chi connectivity index (χ2v) is 6.07. The summed E-state index contributed by atoms with van der Waals surface area (Å²) in [6, 6.07) is 16.6. The number of ether oxygens (including phenoxy) is 1. The molecule has 0 bridgehead atoms. The quantitative estimate of drug-likeness (QED) is 0.731. The molecule has 0 amide bonds. The third-order valence-electron chi connectivity index (χ3n) is 4.25. The maximum Gasteiger partial charge on any atom is 0.200 e. The minimum Gasteiger partial charge on any atom is -0.496 e. The Morgan fingerprint density at radius 1 is 1.12 bits per heavy atom. The normalized spacial score (nSPS) is 14.7. The molecule has 0 aliphatic rings. The number of rotatable bonds is 8. The number of benzene rings is 2. The molecular formula is C20H24O4. The van der Waals surface area contributed by atoms with Gasteiger partial charge in [-0.3, -0.25) is 4.79 Å². The van der Waals surface area contributed by atoms with Gasteiger partial charge in [-0.2, -0.15) is 0 Å². The van der Waals surface area contributed by atoms with E-state index >= 15 is 0 Å². The van der Waals surface area contributed by atoms with Crippen LogP contribution in [0.25, 0.3) is 0 Å². The van der Waals surface area contributed by atoms with Gasteiger partial charge in [-0.25, -0.2) is 0 Å². The molecule has 2 N–H and O–H groups in total. The third-order valence-corrected chi connectivity index (χ3v) is 4.25. The van der Waals surface area contributed by atoms with Crippen LogP contribution in [0.4, 0.5) is 0 Å². The van der Waals surface area contributed by atoms with Crippen molar-refractivity contribution in [3.63, 3.8) is 0 Å². The molecule has 0 heterocycles. The van der Waals surface area contributed by atoms with E-state index in [1.165, 1.54) is 19.6 Å². The average Bonchev–Trinajstić information content (AvgIpc) is 2.61. The number of carbonyl (C=O) groups is 1. The predicted octanol–water partition coefficient (Wildman–Crippen LogP) is 3.01. The monoisotopic (exact) mass is 328 g/mol. The Balaban J connectivity index is 2.01. The Bertz CT molecular complexity index is 664. The third kappa shape index (κ3) is 4.22. The van der Waals surface area contributed by atoms with Crippen LogP contribution in [0.5, 0.6) is 5.75 Å².